The first-order chi connectivity index (χ1) is 21.0. The molecule has 1 atom stereocenters. The number of hydrogen-bond acceptors (Lipinski definition) is 5. The molecular formula is C34H29ClF3N3O3. The fourth-order valence-corrected chi connectivity index (χ4v) is 5.70. The van der Waals surface area contributed by atoms with Gasteiger partial charge in [0.25, 0.3) is 0 Å². The Morgan fingerprint density at radius 1 is 1.00 bits per heavy atom. The van der Waals surface area contributed by atoms with E-state index in [1.54, 1.807) is 42.5 Å². The largest absolute Gasteiger partial charge is 0.473 e. The topological polar surface area (TPSA) is 66.2 Å². The quantitative estimate of drug-likeness (QED) is 0.164. The second-order valence-electron chi connectivity index (χ2n) is 11.7. The van der Waals surface area contributed by atoms with Gasteiger partial charge >= 0.3 is 0 Å². The number of nitrogens with zero attached hydrogens (tertiary/aromatic N) is 3. The Morgan fingerprint density at radius 2 is 1.80 bits per heavy atom. The average Bonchev–Trinajstić information content (AvgIpc) is 3.51. The highest BCUT2D eigenvalue weighted by molar-refractivity contribution is 6.30. The summed E-state index contributed by atoms with van der Waals surface area (Å²) in [4.78, 5) is 21.2. The SMILES string of the molecule is CC(=O)c1ccc2nc(Cc3cc(F)c(-c4cccc(OCc5ccc(Cl)cc5F)n4)cc3F)n([C@@H]3COCC3(C)C)c2c1. The Balaban J connectivity index is 1.31. The zero-order valence-corrected chi connectivity index (χ0v) is 25.1. The van der Waals surface area contributed by atoms with Crippen molar-refractivity contribution in [3.8, 4) is 17.1 Å². The van der Waals surface area contributed by atoms with Gasteiger partial charge in [0.2, 0.25) is 5.88 Å². The standard InChI is InChI=1S/C34H29ClF3N3O3/c1-19(42)20-8-10-29-30(12-20)41(31-17-43-18-34(31,2)3)32(39-29)13-22-11-27(38)24(15-26(22)37)28-5-4-6-33(40-28)44-16-21-7-9-23(35)14-25(21)36/h4-12,14-15,31H,13,16-18H2,1-3H3/t31-/m1/s1. The molecule has 0 saturated carbocycles. The second-order valence-corrected chi connectivity index (χ2v) is 12.1. The summed E-state index contributed by atoms with van der Waals surface area (Å²) >= 11 is 5.81. The third kappa shape index (κ3) is 5.81. The minimum Gasteiger partial charge on any atom is -0.473 e. The minimum absolute atomic E-state index is 0.0168. The molecule has 3 aromatic carbocycles. The van der Waals surface area contributed by atoms with E-state index in [1.807, 2.05) is 4.57 Å². The molecule has 226 valence electrons. The number of hydrogen-bond donors (Lipinski definition) is 0. The maximum atomic E-state index is 15.7. The minimum atomic E-state index is -0.666. The molecular weight excluding hydrogens is 591 g/mol. The monoisotopic (exact) mass is 619 g/mol. The van der Waals surface area contributed by atoms with E-state index in [1.165, 1.54) is 19.1 Å². The first-order valence-corrected chi connectivity index (χ1v) is 14.5. The normalized spacial score (nSPS) is 16.0. The lowest BCUT2D eigenvalue weighted by Gasteiger charge is -2.28. The lowest BCUT2D eigenvalue weighted by molar-refractivity contribution is 0.101. The lowest BCUT2D eigenvalue weighted by Crippen LogP contribution is -2.27. The van der Waals surface area contributed by atoms with Crippen molar-refractivity contribution in [1.82, 2.24) is 14.5 Å². The Bertz CT molecular complexity index is 1910. The average molecular weight is 620 g/mol. The summed E-state index contributed by atoms with van der Waals surface area (Å²) < 4.78 is 58.8. The zero-order chi connectivity index (χ0) is 31.2. The molecule has 2 aromatic heterocycles. The fraction of sp³-hybridized carbons (Fsp3) is 0.265. The van der Waals surface area contributed by atoms with Gasteiger partial charge in [0.05, 0.1) is 36.0 Å². The van der Waals surface area contributed by atoms with Crippen LogP contribution in [-0.2, 0) is 17.8 Å². The summed E-state index contributed by atoms with van der Waals surface area (Å²) in [6.45, 7) is 6.52. The van der Waals surface area contributed by atoms with Crippen molar-refractivity contribution in [2.24, 2.45) is 5.41 Å². The van der Waals surface area contributed by atoms with Crippen LogP contribution in [0.15, 0.2) is 66.7 Å². The van der Waals surface area contributed by atoms with Gasteiger partial charge in [0, 0.05) is 39.6 Å². The number of fused-ring (bicyclic) bond motifs is 1. The van der Waals surface area contributed by atoms with Gasteiger partial charge < -0.3 is 14.0 Å². The van der Waals surface area contributed by atoms with Crippen molar-refractivity contribution in [3.05, 3.63) is 112 Å². The molecule has 6 nitrogen and oxygen atoms in total. The summed E-state index contributed by atoms with van der Waals surface area (Å²) in [5, 5.41) is 0.267. The number of pyridine rings is 1. The maximum absolute atomic E-state index is 15.7. The van der Waals surface area contributed by atoms with Gasteiger partial charge in [-0.05, 0) is 61.0 Å². The van der Waals surface area contributed by atoms with Crippen molar-refractivity contribution in [2.45, 2.75) is 39.8 Å². The van der Waals surface area contributed by atoms with Crippen LogP contribution in [0.25, 0.3) is 22.3 Å². The molecule has 0 aliphatic carbocycles. The number of aromatic nitrogens is 3. The van der Waals surface area contributed by atoms with Gasteiger partial charge in [-0.25, -0.2) is 23.1 Å². The molecule has 1 fully saturated rings. The molecule has 0 bridgehead atoms. The zero-order valence-electron chi connectivity index (χ0n) is 24.3. The van der Waals surface area contributed by atoms with Crippen LogP contribution < -0.4 is 4.74 Å². The van der Waals surface area contributed by atoms with E-state index in [2.05, 4.69) is 18.8 Å². The first kappa shape index (κ1) is 29.8. The molecule has 6 rings (SSSR count). The van der Waals surface area contributed by atoms with E-state index >= 15 is 8.78 Å². The molecule has 0 radical (unpaired) electrons. The van der Waals surface area contributed by atoms with Crippen LogP contribution >= 0.6 is 11.6 Å². The molecule has 5 aromatic rings. The summed E-state index contributed by atoms with van der Waals surface area (Å²) in [7, 11) is 0. The summed E-state index contributed by atoms with van der Waals surface area (Å²) in [5.74, 6) is -1.22. The van der Waals surface area contributed by atoms with E-state index in [4.69, 9.17) is 26.1 Å². The van der Waals surface area contributed by atoms with Gasteiger partial charge in [-0.15, -0.1) is 0 Å². The Morgan fingerprint density at radius 3 is 2.52 bits per heavy atom. The van der Waals surface area contributed by atoms with E-state index in [0.717, 1.165) is 17.6 Å². The Labute approximate surface area is 257 Å². The van der Waals surface area contributed by atoms with Gasteiger partial charge in [0.1, 0.15) is 29.9 Å². The molecule has 1 aliphatic heterocycles. The van der Waals surface area contributed by atoms with Crippen molar-refractivity contribution < 1.29 is 27.4 Å². The van der Waals surface area contributed by atoms with Crippen LogP contribution in [0, 0.1) is 22.9 Å². The number of benzene rings is 3. The van der Waals surface area contributed by atoms with Gasteiger partial charge in [-0.2, -0.15) is 0 Å². The molecule has 0 spiro atoms. The van der Waals surface area contributed by atoms with Crippen molar-refractivity contribution >= 4 is 28.4 Å². The number of imidazole rings is 1. The number of halogens is 4. The molecule has 0 unspecified atom stereocenters. The van der Waals surface area contributed by atoms with Crippen molar-refractivity contribution in [2.75, 3.05) is 13.2 Å². The number of ether oxygens (including phenoxy) is 2. The maximum Gasteiger partial charge on any atom is 0.214 e. The third-order valence-electron chi connectivity index (χ3n) is 8.01. The summed E-state index contributed by atoms with van der Waals surface area (Å²) in [6.07, 6.45) is 0.0168. The van der Waals surface area contributed by atoms with Gasteiger partial charge in [-0.1, -0.05) is 37.6 Å². The highest BCUT2D eigenvalue weighted by Crippen LogP contribution is 2.40. The molecule has 0 N–H and O–H groups in total. The van der Waals surface area contributed by atoms with Crippen molar-refractivity contribution in [1.29, 1.82) is 0 Å². The number of carbonyl (C=O) groups excluding carboxylic acids is 1. The number of ketones is 1. The highest BCUT2D eigenvalue weighted by atomic mass is 35.5. The summed E-state index contributed by atoms with van der Waals surface area (Å²) in [6, 6.07) is 16.4. The summed E-state index contributed by atoms with van der Waals surface area (Å²) in [5.41, 5.74) is 2.21. The van der Waals surface area contributed by atoms with Gasteiger partial charge in [0.15, 0.2) is 5.78 Å². The molecule has 0 amide bonds. The van der Waals surface area contributed by atoms with Crippen LogP contribution in [0.5, 0.6) is 5.88 Å². The van der Waals surface area contributed by atoms with Crippen LogP contribution in [0.1, 0.15) is 54.1 Å². The Kier molecular flexibility index (Phi) is 7.94. The molecule has 44 heavy (non-hydrogen) atoms. The molecule has 3 heterocycles. The predicted octanol–water partition coefficient (Wildman–Crippen LogP) is 8.14. The Hall–Kier alpha value is -4.21. The smallest absolute Gasteiger partial charge is 0.214 e. The number of rotatable bonds is 8. The number of carbonyl (C=O) groups is 1. The van der Waals surface area contributed by atoms with Crippen LogP contribution in [-0.4, -0.2) is 33.5 Å². The fourth-order valence-electron chi connectivity index (χ4n) is 5.54. The number of Topliss-reactive ketones (excluding diaryl/α,β-unsaturated/α-hetero) is 1. The first-order valence-electron chi connectivity index (χ1n) is 14.1. The van der Waals surface area contributed by atoms with E-state index in [0.29, 0.717) is 30.1 Å². The predicted molar refractivity (Wildman–Crippen MR) is 162 cm³/mol. The lowest BCUT2D eigenvalue weighted by atomic mass is 9.87. The molecule has 1 saturated heterocycles. The van der Waals surface area contributed by atoms with Gasteiger partial charge in [-0.3, -0.25) is 4.79 Å². The van der Waals surface area contributed by atoms with Crippen LogP contribution in [0.3, 0.4) is 0 Å². The van der Waals surface area contributed by atoms with Crippen LogP contribution in [0.4, 0.5) is 13.2 Å². The molecule has 10 heteroatoms. The highest BCUT2D eigenvalue weighted by Gasteiger charge is 2.39. The second kappa shape index (κ2) is 11.7. The van der Waals surface area contributed by atoms with Crippen LogP contribution in [0.2, 0.25) is 5.02 Å². The van der Waals surface area contributed by atoms with Crippen molar-refractivity contribution in [3.63, 3.8) is 0 Å². The van der Waals surface area contributed by atoms with E-state index in [9.17, 15) is 9.18 Å². The molecule has 1 aliphatic rings. The van der Waals surface area contributed by atoms with E-state index < -0.39 is 17.5 Å². The van der Waals surface area contributed by atoms with E-state index in [-0.39, 0.29) is 63.6 Å². The third-order valence-corrected chi connectivity index (χ3v) is 8.24.